The lowest BCUT2D eigenvalue weighted by Gasteiger charge is -2.12. The van der Waals surface area contributed by atoms with Gasteiger partial charge in [-0.1, -0.05) is 48.9 Å². The quantitative estimate of drug-likeness (QED) is 0.559. The number of halogens is 1. The van der Waals surface area contributed by atoms with Crippen LogP contribution in [-0.4, -0.2) is 11.0 Å². The van der Waals surface area contributed by atoms with Crippen LogP contribution in [0.5, 0.6) is 0 Å². The number of aryl methyl sites for hydroxylation is 2. The Morgan fingerprint density at radius 2 is 1.79 bits per heavy atom. The van der Waals surface area contributed by atoms with Gasteiger partial charge in [0.15, 0.2) is 5.11 Å². The van der Waals surface area contributed by atoms with E-state index in [2.05, 4.69) is 47.4 Å². The van der Waals surface area contributed by atoms with Crippen molar-refractivity contribution < 1.29 is 4.79 Å². The fourth-order valence-corrected chi connectivity index (χ4v) is 2.48. The highest BCUT2D eigenvalue weighted by Gasteiger charge is 2.04. The second kappa shape index (κ2) is 9.25. The molecule has 0 aliphatic rings. The molecule has 0 aromatic heterocycles. The first-order valence-electron chi connectivity index (χ1n) is 7.76. The molecule has 6 heteroatoms. The minimum absolute atomic E-state index is 0.121. The summed E-state index contributed by atoms with van der Waals surface area (Å²) in [6, 6.07) is 15.5. The summed E-state index contributed by atoms with van der Waals surface area (Å²) in [5, 5.41) is 3.86. The molecule has 0 aliphatic carbocycles. The zero-order valence-corrected chi connectivity index (χ0v) is 15.0. The van der Waals surface area contributed by atoms with Crippen LogP contribution >= 0.6 is 23.8 Å². The van der Waals surface area contributed by atoms with Crippen LogP contribution in [0.1, 0.15) is 24.5 Å². The zero-order valence-electron chi connectivity index (χ0n) is 13.4. The molecule has 0 atom stereocenters. The van der Waals surface area contributed by atoms with Crippen molar-refractivity contribution >= 4 is 40.5 Å². The summed E-state index contributed by atoms with van der Waals surface area (Å²) in [5.74, 6) is -0.121. The fourth-order valence-electron chi connectivity index (χ4n) is 2.12. The number of carbonyl (C=O) groups excluding carboxylic acids is 1. The van der Waals surface area contributed by atoms with Crippen LogP contribution in [0.25, 0.3) is 0 Å². The van der Waals surface area contributed by atoms with Crippen molar-refractivity contribution in [3.8, 4) is 0 Å². The van der Waals surface area contributed by atoms with Gasteiger partial charge in [0.2, 0.25) is 5.91 Å². The molecule has 24 heavy (non-hydrogen) atoms. The van der Waals surface area contributed by atoms with Crippen LogP contribution in [0.4, 0.5) is 5.69 Å². The Hall–Kier alpha value is -2.11. The molecule has 1 amide bonds. The van der Waals surface area contributed by atoms with Crippen LogP contribution in [0.2, 0.25) is 5.02 Å². The van der Waals surface area contributed by atoms with E-state index < -0.39 is 0 Å². The number of anilines is 1. The molecule has 0 aliphatic heterocycles. The van der Waals surface area contributed by atoms with Gasteiger partial charge in [0.1, 0.15) is 0 Å². The molecule has 0 heterocycles. The van der Waals surface area contributed by atoms with Gasteiger partial charge in [-0.2, -0.15) is 0 Å². The van der Waals surface area contributed by atoms with Gasteiger partial charge in [-0.05, 0) is 54.4 Å². The summed E-state index contributed by atoms with van der Waals surface area (Å²) in [5.41, 5.74) is 8.46. The first-order chi connectivity index (χ1) is 11.6. The van der Waals surface area contributed by atoms with Gasteiger partial charge in [-0.3, -0.25) is 15.6 Å². The molecule has 4 nitrogen and oxygen atoms in total. The maximum atomic E-state index is 11.9. The van der Waals surface area contributed by atoms with Gasteiger partial charge >= 0.3 is 0 Å². The van der Waals surface area contributed by atoms with Gasteiger partial charge in [0.25, 0.3) is 0 Å². The van der Waals surface area contributed by atoms with Crippen molar-refractivity contribution in [2.45, 2.75) is 26.2 Å². The predicted octanol–water partition coefficient (Wildman–Crippen LogP) is 3.85. The van der Waals surface area contributed by atoms with Crippen molar-refractivity contribution in [2.24, 2.45) is 0 Å². The Morgan fingerprint density at radius 1 is 1.08 bits per heavy atom. The number of hydrogen-bond donors (Lipinski definition) is 3. The van der Waals surface area contributed by atoms with Gasteiger partial charge in [-0.15, -0.1) is 0 Å². The number of hydrogen-bond acceptors (Lipinski definition) is 2. The molecule has 0 unspecified atom stereocenters. The summed E-state index contributed by atoms with van der Waals surface area (Å²) in [4.78, 5) is 11.9. The number of amides is 1. The Balaban J connectivity index is 1.71. The molecule has 126 valence electrons. The van der Waals surface area contributed by atoms with Gasteiger partial charge in [-0.25, -0.2) is 0 Å². The van der Waals surface area contributed by atoms with E-state index in [0.29, 0.717) is 23.0 Å². The molecular weight excluding hydrogens is 342 g/mol. The predicted molar refractivity (Wildman–Crippen MR) is 103 cm³/mol. The molecule has 0 saturated carbocycles. The number of benzene rings is 2. The first-order valence-corrected chi connectivity index (χ1v) is 8.54. The molecule has 0 spiro atoms. The van der Waals surface area contributed by atoms with Crippen molar-refractivity contribution in [2.75, 3.05) is 5.32 Å². The molecule has 2 aromatic carbocycles. The van der Waals surface area contributed by atoms with E-state index in [-0.39, 0.29) is 5.91 Å². The van der Waals surface area contributed by atoms with Crippen LogP contribution in [0.15, 0.2) is 48.5 Å². The number of carbonyl (C=O) groups is 1. The molecule has 2 rings (SSSR count). The second-order valence-corrected chi connectivity index (χ2v) is 6.15. The Morgan fingerprint density at radius 3 is 2.46 bits per heavy atom. The van der Waals surface area contributed by atoms with Crippen LogP contribution in [-0.2, 0) is 17.6 Å². The summed E-state index contributed by atoms with van der Waals surface area (Å²) in [6.07, 6.45) is 2.09. The molecule has 0 fully saturated rings. The highest BCUT2D eigenvalue weighted by atomic mass is 35.5. The lowest BCUT2D eigenvalue weighted by atomic mass is 10.1. The number of nitrogens with one attached hydrogen (secondary N) is 3. The third kappa shape index (κ3) is 6.18. The number of rotatable bonds is 5. The van der Waals surface area contributed by atoms with Crippen LogP contribution < -0.4 is 16.2 Å². The monoisotopic (exact) mass is 361 g/mol. The Bertz CT molecular complexity index is 704. The topological polar surface area (TPSA) is 53.2 Å². The average molecular weight is 362 g/mol. The van der Waals surface area contributed by atoms with Gasteiger partial charge in [0.05, 0.1) is 0 Å². The van der Waals surface area contributed by atoms with Crippen molar-refractivity contribution in [3.05, 3.63) is 64.7 Å². The number of hydrazine groups is 1. The third-order valence-corrected chi connectivity index (χ3v) is 3.91. The highest BCUT2D eigenvalue weighted by molar-refractivity contribution is 7.80. The van der Waals surface area contributed by atoms with Gasteiger partial charge < -0.3 is 5.32 Å². The zero-order chi connectivity index (χ0) is 17.4. The minimum atomic E-state index is -0.121. The van der Waals surface area contributed by atoms with Crippen LogP contribution in [0, 0.1) is 0 Å². The van der Waals surface area contributed by atoms with Crippen molar-refractivity contribution in [3.63, 3.8) is 0 Å². The smallest absolute Gasteiger partial charge is 0.238 e. The van der Waals surface area contributed by atoms with E-state index in [4.69, 9.17) is 23.8 Å². The fraction of sp³-hybridized carbons (Fsp3) is 0.222. The van der Waals surface area contributed by atoms with Crippen LogP contribution in [0.3, 0.4) is 0 Å². The summed E-state index contributed by atoms with van der Waals surface area (Å²) < 4.78 is 0. The van der Waals surface area contributed by atoms with E-state index in [0.717, 1.165) is 17.7 Å². The normalized spacial score (nSPS) is 10.1. The lowest BCUT2D eigenvalue weighted by Crippen LogP contribution is -2.43. The summed E-state index contributed by atoms with van der Waals surface area (Å²) >= 11 is 11.0. The maximum Gasteiger partial charge on any atom is 0.238 e. The van der Waals surface area contributed by atoms with E-state index in [9.17, 15) is 4.79 Å². The van der Waals surface area contributed by atoms with E-state index in [1.54, 1.807) is 12.1 Å². The van der Waals surface area contributed by atoms with Gasteiger partial charge in [0, 0.05) is 17.1 Å². The second-order valence-electron chi connectivity index (χ2n) is 5.31. The molecule has 0 radical (unpaired) electrons. The SMILES string of the molecule is CCc1ccc(CCC(=O)NNC(=S)Nc2cccc(Cl)c2)cc1. The standard InChI is InChI=1S/C18H20ClN3OS/c1-2-13-6-8-14(9-7-13)10-11-17(23)21-22-18(24)20-16-5-3-4-15(19)12-16/h3-9,12H,2,10-11H2,1H3,(H,21,23)(H2,20,22,24). The summed E-state index contributed by atoms with van der Waals surface area (Å²) in [7, 11) is 0. The Kier molecular flexibility index (Phi) is 7.03. The van der Waals surface area contributed by atoms with E-state index in [1.165, 1.54) is 5.56 Å². The number of thiocarbonyl (C=S) groups is 1. The third-order valence-electron chi connectivity index (χ3n) is 3.47. The van der Waals surface area contributed by atoms with E-state index >= 15 is 0 Å². The largest absolute Gasteiger partial charge is 0.331 e. The van der Waals surface area contributed by atoms with E-state index in [1.807, 2.05) is 12.1 Å². The molecular formula is C18H20ClN3OS. The molecule has 0 saturated heterocycles. The first kappa shape index (κ1) is 18.2. The van der Waals surface area contributed by atoms with Crippen molar-refractivity contribution in [1.29, 1.82) is 0 Å². The lowest BCUT2D eigenvalue weighted by molar-refractivity contribution is -0.121. The molecule has 2 aromatic rings. The van der Waals surface area contributed by atoms with Crippen molar-refractivity contribution in [1.82, 2.24) is 10.9 Å². The Labute approximate surface area is 152 Å². The average Bonchev–Trinajstić information content (AvgIpc) is 2.58. The molecule has 3 N–H and O–H groups in total. The highest BCUT2D eigenvalue weighted by Crippen LogP contribution is 2.14. The maximum absolute atomic E-state index is 11.9. The summed E-state index contributed by atoms with van der Waals surface area (Å²) in [6.45, 7) is 2.12. The minimum Gasteiger partial charge on any atom is -0.331 e. The molecule has 0 bridgehead atoms.